The Bertz CT molecular complexity index is 413. The molecule has 5 nitrogen and oxygen atoms in total. The number of nitro groups is 1. The molecule has 1 fully saturated rings. The molecule has 0 bridgehead atoms. The van der Waals surface area contributed by atoms with Gasteiger partial charge in [0, 0.05) is 23.5 Å². The highest BCUT2D eigenvalue weighted by Crippen LogP contribution is 2.29. The fourth-order valence-electron chi connectivity index (χ4n) is 2.46. The number of hydrogen-bond donors (Lipinski definition) is 2. The molecule has 1 aromatic heterocycles. The SMILES string of the molecule is O=[N+]([O-])c1cc(CNC2(CO)CCCCC2)cs1. The lowest BCUT2D eigenvalue weighted by Crippen LogP contribution is -2.49. The van der Waals surface area contributed by atoms with E-state index in [4.69, 9.17) is 0 Å². The van der Waals surface area contributed by atoms with Crippen molar-refractivity contribution in [1.82, 2.24) is 5.32 Å². The first-order valence-corrected chi connectivity index (χ1v) is 7.11. The third-order valence-electron chi connectivity index (χ3n) is 3.60. The molecule has 0 atom stereocenters. The summed E-state index contributed by atoms with van der Waals surface area (Å²) in [5, 5.41) is 25.5. The Balaban J connectivity index is 1.94. The minimum Gasteiger partial charge on any atom is -0.394 e. The summed E-state index contributed by atoms with van der Waals surface area (Å²) in [6, 6.07) is 1.60. The second kappa shape index (κ2) is 5.77. The molecule has 0 spiro atoms. The topological polar surface area (TPSA) is 75.4 Å². The Labute approximate surface area is 110 Å². The van der Waals surface area contributed by atoms with Crippen LogP contribution in [0.1, 0.15) is 37.7 Å². The first kappa shape index (κ1) is 13.5. The first-order valence-electron chi connectivity index (χ1n) is 6.23. The van der Waals surface area contributed by atoms with Crippen LogP contribution >= 0.6 is 11.3 Å². The minimum atomic E-state index is -0.364. The fraction of sp³-hybridized carbons (Fsp3) is 0.667. The van der Waals surface area contributed by atoms with Crippen molar-refractivity contribution in [3.05, 3.63) is 27.1 Å². The summed E-state index contributed by atoms with van der Waals surface area (Å²) in [5.41, 5.74) is 0.736. The van der Waals surface area contributed by atoms with Crippen molar-refractivity contribution in [1.29, 1.82) is 0 Å². The Morgan fingerprint density at radius 2 is 2.17 bits per heavy atom. The Morgan fingerprint density at radius 1 is 1.44 bits per heavy atom. The molecule has 2 N–H and O–H groups in total. The van der Waals surface area contributed by atoms with Gasteiger partial charge in [-0.15, -0.1) is 0 Å². The molecule has 1 saturated carbocycles. The number of aliphatic hydroxyl groups is 1. The van der Waals surface area contributed by atoms with Crippen LogP contribution in [0.3, 0.4) is 0 Å². The standard InChI is InChI=1S/C12H18N2O3S/c15-9-12(4-2-1-3-5-12)13-7-10-6-11(14(16)17)18-8-10/h6,8,13,15H,1-5,7,9H2. The highest BCUT2D eigenvalue weighted by atomic mass is 32.1. The molecule has 0 saturated heterocycles. The minimum absolute atomic E-state index is 0.138. The average molecular weight is 270 g/mol. The second-order valence-electron chi connectivity index (χ2n) is 4.90. The van der Waals surface area contributed by atoms with E-state index in [1.54, 1.807) is 11.4 Å². The Kier molecular flexibility index (Phi) is 4.31. The van der Waals surface area contributed by atoms with Crippen molar-refractivity contribution >= 4 is 16.3 Å². The predicted molar refractivity (Wildman–Crippen MR) is 70.7 cm³/mol. The van der Waals surface area contributed by atoms with Crippen molar-refractivity contribution in [2.45, 2.75) is 44.2 Å². The van der Waals surface area contributed by atoms with Crippen molar-refractivity contribution in [3.8, 4) is 0 Å². The third kappa shape index (κ3) is 3.07. The van der Waals surface area contributed by atoms with E-state index in [-0.39, 0.29) is 22.1 Å². The molecule has 0 aromatic carbocycles. The number of nitrogens with one attached hydrogen (secondary N) is 1. The molecule has 1 heterocycles. The molecule has 100 valence electrons. The largest absolute Gasteiger partial charge is 0.394 e. The van der Waals surface area contributed by atoms with E-state index in [0.717, 1.165) is 42.6 Å². The first-order chi connectivity index (χ1) is 8.65. The van der Waals surface area contributed by atoms with Gasteiger partial charge in [-0.1, -0.05) is 30.6 Å². The van der Waals surface area contributed by atoms with Crippen LogP contribution in [0.5, 0.6) is 0 Å². The van der Waals surface area contributed by atoms with Crippen LogP contribution in [-0.2, 0) is 6.54 Å². The highest BCUT2D eigenvalue weighted by Gasteiger charge is 2.30. The van der Waals surface area contributed by atoms with E-state index in [9.17, 15) is 15.2 Å². The van der Waals surface area contributed by atoms with Gasteiger partial charge >= 0.3 is 5.00 Å². The van der Waals surface area contributed by atoms with Crippen LogP contribution in [0.2, 0.25) is 0 Å². The second-order valence-corrected chi connectivity index (χ2v) is 5.79. The quantitative estimate of drug-likeness (QED) is 0.636. The van der Waals surface area contributed by atoms with Gasteiger partial charge in [-0.25, -0.2) is 0 Å². The summed E-state index contributed by atoms with van der Waals surface area (Å²) < 4.78 is 0. The van der Waals surface area contributed by atoms with Gasteiger partial charge in [0.05, 0.1) is 11.5 Å². The fourth-order valence-corrected chi connectivity index (χ4v) is 3.19. The third-order valence-corrected chi connectivity index (χ3v) is 4.53. The highest BCUT2D eigenvalue weighted by molar-refractivity contribution is 7.13. The molecule has 0 aliphatic heterocycles. The van der Waals surface area contributed by atoms with E-state index in [1.165, 1.54) is 6.42 Å². The number of aliphatic hydroxyl groups excluding tert-OH is 1. The van der Waals surface area contributed by atoms with Crippen LogP contribution < -0.4 is 5.32 Å². The molecule has 0 radical (unpaired) electrons. The summed E-state index contributed by atoms with van der Waals surface area (Å²) in [4.78, 5) is 10.2. The summed E-state index contributed by atoms with van der Waals surface area (Å²) in [7, 11) is 0. The van der Waals surface area contributed by atoms with Gasteiger partial charge in [-0.3, -0.25) is 10.1 Å². The zero-order valence-electron chi connectivity index (χ0n) is 10.2. The maximum Gasteiger partial charge on any atom is 0.324 e. The monoisotopic (exact) mass is 270 g/mol. The van der Waals surface area contributed by atoms with E-state index >= 15 is 0 Å². The summed E-state index contributed by atoms with van der Waals surface area (Å²) in [5.74, 6) is 0. The van der Waals surface area contributed by atoms with E-state index in [2.05, 4.69) is 5.32 Å². The van der Waals surface area contributed by atoms with Crippen molar-refractivity contribution in [2.24, 2.45) is 0 Å². The lowest BCUT2D eigenvalue weighted by molar-refractivity contribution is -0.380. The van der Waals surface area contributed by atoms with Gasteiger partial charge in [0.25, 0.3) is 0 Å². The van der Waals surface area contributed by atoms with Gasteiger partial charge in [-0.05, 0) is 18.4 Å². The smallest absolute Gasteiger partial charge is 0.324 e. The predicted octanol–water partition coefficient (Wildman–Crippen LogP) is 2.44. The van der Waals surface area contributed by atoms with Crippen LogP contribution in [-0.4, -0.2) is 22.2 Å². The zero-order chi connectivity index (χ0) is 13.0. The van der Waals surface area contributed by atoms with Crippen molar-refractivity contribution in [2.75, 3.05) is 6.61 Å². The average Bonchev–Trinajstić information content (AvgIpc) is 2.87. The number of rotatable bonds is 5. The Morgan fingerprint density at radius 3 is 2.72 bits per heavy atom. The molecule has 1 aliphatic rings. The summed E-state index contributed by atoms with van der Waals surface area (Å²) in [6.45, 7) is 0.726. The molecule has 6 heteroatoms. The van der Waals surface area contributed by atoms with Gasteiger partial charge < -0.3 is 10.4 Å². The van der Waals surface area contributed by atoms with Crippen LogP contribution in [0.25, 0.3) is 0 Å². The van der Waals surface area contributed by atoms with Crippen LogP contribution in [0.15, 0.2) is 11.4 Å². The van der Waals surface area contributed by atoms with E-state index < -0.39 is 0 Å². The van der Waals surface area contributed by atoms with E-state index in [1.807, 2.05) is 0 Å². The van der Waals surface area contributed by atoms with Crippen molar-refractivity contribution < 1.29 is 10.0 Å². The molecular weight excluding hydrogens is 252 g/mol. The maximum atomic E-state index is 10.6. The molecule has 18 heavy (non-hydrogen) atoms. The number of hydrogen-bond acceptors (Lipinski definition) is 5. The lowest BCUT2D eigenvalue weighted by atomic mass is 9.82. The van der Waals surface area contributed by atoms with Gasteiger partial charge in [0.15, 0.2) is 0 Å². The summed E-state index contributed by atoms with van der Waals surface area (Å²) in [6.07, 6.45) is 5.47. The summed E-state index contributed by atoms with van der Waals surface area (Å²) >= 11 is 1.15. The molecule has 1 aromatic rings. The van der Waals surface area contributed by atoms with Gasteiger partial charge in [0.1, 0.15) is 0 Å². The van der Waals surface area contributed by atoms with Crippen molar-refractivity contribution in [3.63, 3.8) is 0 Å². The number of nitrogens with zero attached hydrogens (tertiary/aromatic N) is 1. The van der Waals surface area contributed by atoms with Crippen LogP contribution in [0, 0.1) is 10.1 Å². The lowest BCUT2D eigenvalue weighted by Gasteiger charge is -2.36. The Hall–Kier alpha value is -0.980. The zero-order valence-corrected chi connectivity index (χ0v) is 11.0. The molecular formula is C12H18N2O3S. The van der Waals surface area contributed by atoms with Crippen LogP contribution in [0.4, 0.5) is 5.00 Å². The van der Waals surface area contributed by atoms with Gasteiger partial charge in [0.2, 0.25) is 0 Å². The maximum absolute atomic E-state index is 10.6. The number of thiophene rings is 1. The van der Waals surface area contributed by atoms with Gasteiger partial charge in [-0.2, -0.15) is 0 Å². The van der Waals surface area contributed by atoms with E-state index in [0.29, 0.717) is 6.54 Å². The molecule has 0 amide bonds. The normalized spacial score (nSPS) is 18.7. The molecule has 1 aliphatic carbocycles. The molecule has 2 rings (SSSR count). The molecule has 0 unspecified atom stereocenters.